The molecule has 2 aliphatic heterocycles. The second-order valence-corrected chi connectivity index (χ2v) is 9.05. The van der Waals surface area contributed by atoms with Gasteiger partial charge in [-0.05, 0) is 56.2 Å². The Hall–Kier alpha value is -1.92. The summed E-state index contributed by atoms with van der Waals surface area (Å²) >= 11 is 0. The van der Waals surface area contributed by atoms with E-state index in [0.29, 0.717) is 31.4 Å². The van der Waals surface area contributed by atoms with Crippen molar-refractivity contribution in [3.63, 3.8) is 0 Å². The van der Waals surface area contributed by atoms with Crippen molar-refractivity contribution in [1.82, 2.24) is 4.90 Å². The Bertz CT molecular complexity index is 893. The predicted molar refractivity (Wildman–Crippen MR) is 95.1 cm³/mol. The van der Waals surface area contributed by atoms with Crippen LogP contribution in [0.3, 0.4) is 0 Å². The van der Waals surface area contributed by atoms with E-state index in [2.05, 4.69) is 4.90 Å². The lowest BCUT2D eigenvalue weighted by Gasteiger charge is -2.62. The second-order valence-electron chi connectivity index (χ2n) is 9.05. The Kier molecular flexibility index (Phi) is 2.93. The smallest absolute Gasteiger partial charge is 0.339 e. The van der Waals surface area contributed by atoms with Gasteiger partial charge in [-0.1, -0.05) is 6.07 Å². The molecule has 6 heteroatoms. The van der Waals surface area contributed by atoms with Crippen LogP contribution in [-0.2, 0) is 16.6 Å². The van der Waals surface area contributed by atoms with Crippen LogP contribution < -0.4 is 4.74 Å². The largest absolute Gasteiger partial charge is 0.480 e. The molecule has 4 atom stereocenters. The highest BCUT2D eigenvalue weighted by Gasteiger charge is 2.73. The number of carboxylic acid groups (broad SMARTS) is 1. The lowest BCUT2D eigenvalue weighted by molar-refractivity contribution is -0.188. The number of carbonyl (C=O) groups excluding carboxylic acids is 1. The molecule has 0 radical (unpaired) electrons. The van der Waals surface area contributed by atoms with Crippen LogP contribution in [-0.4, -0.2) is 57.7 Å². The van der Waals surface area contributed by atoms with E-state index < -0.39 is 23.1 Å². The molecule has 142 valence electrons. The fourth-order valence-corrected chi connectivity index (χ4v) is 6.45. The molecule has 1 aromatic carbocycles. The maximum absolute atomic E-state index is 12.8. The number of aromatic carboxylic acids is 1. The second kappa shape index (κ2) is 4.92. The van der Waals surface area contributed by atoms with Crippen molar-refractivity contribution in [3.05, 3.63) is 28.8 Å². The maximum atomic E-state index is 12.8. The fraction of sp³-hybridized carbons (Fsp3) is 0.619. The first kappa shape index (κ1) is 16.1. The Labute approximate surface area is 157 Å². The number of rotatable bonds is 3. The number of benzene rings is 1. The zero-order chi connectivity index (χ0) is 18.6. The number of nitrogens with zero attached hydrogens (tertiary/aromatic N) is 1. The zero-order valence-corrected chi connectivity index (χ0v) is 15.1. The molecule has 6 rings (SSSR count). The van der Waals surface area contributed by atoms with Crippen molar-refractivity contribution in [2.45, 2.75) is 61.7 Å². The molecule has 2 heterocycles. The molecule has 3 fully saturated rings. The van der Waals surface area contributed by atoms with Crippen LogP contribution in [0, 0.1) is 5.92 Å². The number of Topliss-reactive ketones (excluding diaryl/α,β-unsaturated/α-hetero) is 1. The van der Waals surface area contributed by atoms with Crippen LogP contribution in [0.2, 0.25) is 0 Å². The third kappa shape index (κ3) is 1.79. The number of hydrogen-bond donors (Lipinski definition) is 2. The number of carboxylic acids is 1. The molecule has 2 bridgehead atoms. The van der Waals surface area contributed by atoms with Gasteiger partial charge < -0.3 is 14.9 Å². The summed E-state index contributed by atoms with van der Waals surface area (Å²) in [6, 6.07) is 3.45. The molecular formula is C21H23NO5. The third-order valence-corrected chi connectivity index (χ3v) is 7.81. The SMILES string of the molecule is O=C(O)c1ccc2c3c1OC1C(=O)CCC4(O)[C@@H](C2)N(CC2CC2)CC[C@]314. The van der Waals surface area contributed by atoms with Gasteiger partial charge in [0, 0.05) is 24.6 Å². The van der Waals surface area contributed by atoms with E-state index in [1.165, 1.54) is 12.8 Å². The highest BCUT2D eigenvalue weighted by atomic mass is 16.5. The molecular weight excluding hydrogens is 346 g/mol. The van der Waals surface area contributed by atoms with Crippen molar-refractivity contribution < 1.29 is 24.5 Å². The van der Waals surface area contributed by atoms with E-state index in [-0.39, 0.29) is 17.4 Å². The van der Waals surface area contributed by atoms with Crippen molar-refractivity contribution in [2.24, 2.45) is 5.92 Å². The van der Waals surface area contributed by atoms with Gasteiger partial charge >= 0.3 is 5.97 Å². The van der Waals surface area contributed by atoms with Gasteiger partial charge in [-0.3, -0.25) is 9.69 Å². The molecule has 2 N–H and O–H groups in total. The predicted octanol–water partition coefficient (Wildman–Crippen LogP) is 1.52. The average molecular weight is 369 g/mol. The fourth-order valence-electron chi connectivity index (χ4n) is 6.45. The van der Waals surface area contributed by atoms with Crippen LogP contribution in [0.1, 0.15) is 53.6 Å². The lowest BCUT2D eigenvalue weighted by atomic mass is 9.49. The molecule has 6 nitrogen and oxygen atoms in total. The van der Waals surface area contributed by atoms with Crippen LogP contribution in [0.4, 0.5) is 0 Å². The van der Waals surface area contributed by atoms with Gasteiger partial charge in [0.05, 0.1) is 11.0 Å². The minimum absolute atomic E-state index is 0.00513. The van der Waals surface area contributed by atoms with Crippen LogP contribution in [0.25, 0.3) is 0 Å². The molecule has 3 aliphatic carbocycles. The molecule has 27 heavy (non-hydrogen) atoms. The quantitative estimate of drug-likeness (QED) is 0.840. The first-order valence-electron chi connectivity index (χ1n) is 10.0. The summed E-state index contributed by atoms with van der Waals surface area (Å²) in [4.78, 5) is 27.0. The average Bonchev–Trinajstić information content (AvgIpc) is 3.37. The molecule has 1 aromatic rings. The minimum atomic E-state index is -1.05. The first-order valence-corrected chi connectivity index (χ1v) is 10.0. The normalized spacial score (nSPS) is 39.1. The van der Waals surface area contributed by atoms with Gasteiger partial charge in [-0.25, -0.2) is 4.79 Å². The molecule has 1 saturated heterocycles. The molecule has 2 unspecified atom stereocenters. The minimum Gasteiger partial charge on any atom is -0.480 e. The van der Waals surface area contributed by atoms with E-state index in [4.69, 9.17) is 4.74 Å². The highest BCUT2D eigenvalue weighted by molar-refractivity contribution is 5.95. The molecule has 1 spiro atoms. The van der Waals surface area contributed by atoms with Crippen LogP contribution in [0.5, 0.6) is 5.75 Å². The molecule has 5 aliphatic rings. The summed E-state index contributed by atoms with van der Waals surface area (Å²) in [5.41, 5.74) is 0.134. The van der Waals surface area contributed by atoms with Crippen LogP contribution in [0.15, 0.2) is 12.1 Å². The van der Waals surface area contributed by atoms with E-state index >= 15 is 0 Å². The van der Waals surface area contributed by atoms with E-state index in [0.717, 1.165) is 30.1 Å². The zero-order valence-electron chi connectivity index (χ0n) is 15.1. The number of hydrogen-bond acceptors (Lipinski definition) is 5. The summed E-state index contributed by atoms with van der Waals surface area (Å²) in [5.74, 6) is 0.00388. The third-order valence-electron chi connectivity index (χ3n) is 7.81. The van der Waals surface area contributed by atoms with Crippen molar-refractivity contribution in [2.75, 3.05) is 13.1 Å². The Morgan fingerprint density at radius 2 is 2.11 bits per heavy atom. The van der Waals surface area contributed by atoms with Gasteiger partial charge in [0.15, 0.2) is 11.9 Å². The highest BCUT2D eigenvalue weighted by Crippen LogP contribution is 2.64. The summed E-state index contributed by atoms with van der Waals surface area (Å²) in [7, 11) is 0. The number of ketones is 1. The van der Waals surface area contributed by atoms with E-state index in [9.17, 15) is 19.8 Å². The summed E-state index contributed by atoms with van der Waals surface area (Å²) in [5, 5.41) is 21.7. The maximum Gasteiger partial charge on any atom is 0.339 e. The summed E-state index contributed by atoms with van der Waals surface area (Å²) in [6.45, 7) is 1.84. The van der Waals surface area contributed by atoms with Crippen molar-refractivity contribution in [1.29, 1.82) is 0 Å². The molecule has 0 aromatic heterocycles. The number of carbonyl (C=O) groups is 2. The van der Waals surface area contributed by atoms with E-state index in [1.54, 1.807) is 6.07 Å². The van der Waals surface area contributed by atoms with Gasteiger partial charge in [0.25, 0.3) is 0 Å². The Morgan fingerprint density at radius 3 is 2.85 bits per heavy atom. The molecule has 0 amide bonds. The Morgan fingerprint density at radius 1 is 1.30 bits per heavy atom. The van der Waals surface area contributed by atoms with Crippen molar-refractivity contribution in [3.8, 4) is 5.75 Å². The standard InChI is InChI=1S/C21H23NO5/c23-14-5-6-21(26)15-9-12-3-4-13(19(24)25)17-16(12)20(21,18(14)27-17)7-8-22(15)10-11-1-2-11/h3-4,11,15,18,26H,1-2,5-10H2,(H,24,25)/t15-,18?,20+,21?/m1/s1. The lowest BCUT2D eigenvalue weighted by Crippen LogP contribution is -2.76. The summed E-state index contributed by atoms with van der Waals surface area (Å²) < 4.78 is 6.07. The first-order chi connectivity index (χ1) is 13.0. The van der Waals surface area contributed by atoms with Crippen molar-refractivity contribution >= 4 is 11.8 Å². The number of ether oxygens (including phenoxy) is 1. The number of likely N-dealkylation sites (tertiary alicyclic amines) is 1. The Balaban J connectivity index is 1.58. The van der Waals surface area contributed by atoms with Gasteiger partial charge in [-0.2, -0.15) is 0 Å². The molecule has 2 saturated carbocycles. The van der Waals surface area contributed by atoms with Gasteiger partial charge in [0.2, 0.25) is 0 Å². The number of piperidine rings is 1. The summed E-state index contributed by atoms with van der Waals surface area (Å²) in [6.07, 6.45) is 3.84. The monoisotopic (exact) mass is 369 g/mol. The topological polar surface area (TPSA) is 87.1 Å². The van der Waals surface area contributed by atoms with Gasteiger partial charge in [-0.15, -0.1) is 0 Å². The van der Waals surface area contributed by atoms with E-state index in [1.807, 2.05) is 6.07 Å². The van der Waals surface area contributed by atoms with Crippen LogP contribution >= 0.6 is 0 Å². The van der Waals surface area contributed by atoms with Gasteiger partial charge in [0.1, 0.15) is 11.3 Å². The number of aliphatic hydroxyl groups is 1.